The summed E-state index contributed by atoms with van der Waals surface area (Å²) in [7, 11) is -3.38. The summed E-state index contributed by atoms with van der Waals surface area (Å²) in [6, 6.07) is 7.06. The zero-order valence-electron chi connectivity index (χ0n) is 15.8. The van der Waals surface area contributed by atoms with Gasteiger partial charge in [-0.2, -0.15) is 0 Å². The first-order chi connectivity index (χ1) is 11.9. The predicted octanol–water partition coefficient (Wildman–Crippen LogP) is 2.85. The van der Waals surface area contributed by atoms with Gasteiger partial charge in [0.25, 0.3) is 0 Å². The van der Waals surface area contributed by atoms with Crippen LogP contribution in [0.15, 0.2) is 34.2 Å². The maximum Gasteiger partial charge on any atom is 0.240 e. The van der Waals surface area contributed by atoms with E-state index >= 15 is 0 Å². The highest BCUT2D eigenvalue weighted by atomic mass is 127. The van der Waals surface area contributed by atoms with Crippen molar-refractivity contribution in [3.8, 4) is 0 Å². The molecule has 0 unspecified atom stereocenters. The maximum absolute atomic E-state index is 12.2. The van der Waals surface area contributed by atoms with Gasteiger partial charge in [-0.05, 0) is 49.8 Å². The molecule has 2 rings (SSSR count). The van der Waals surface area contributed by atoms with E-state index in [1.807, 2.05) is 19.1 Å². The summed E-state index contributed by atoms with van der Waals surface area (Å²) in [5.41, 5.74) is 0.978. The quantitative estimate of drug-likeness (QED) is 0.280. The topological polar surface area (TPSA) is 82.6 Å². The summed E-state index contributed by atoms with van der Waals surface area (Å²) in [5.74, 6) is 1.43. The van der Waals surface area contributed by atoms with E-state index in [2.05, 4.69) is 34.2 Å². The smallest absolute Gasteiger partial charge is 0.240 e. The minimum atomic E-state index is -3.38. The summed E-state index contributed by atoms with van der Waals surface area (Å²) >= 11 is 0. The fraction of sp³-hybridized carbons (Fsp3) is 0.611. The first-order valence-electron chi connectivity index (χ1n) is 9.04. The Labute approximate surface area is 174 Å². The van der Waals surface area contributed by atoms with Gasteiger partial charge in [0.05, 0.1) is 11.4 Å². The van der Waals surface area contributed by atoms with Gasteiger partial charge < -0.3 is 10.6 Å². The minimum Gasteiger partial charge on any atom is -0.357 e. The van der Waals surface area contributed by atoms with Crippen LogP contribution < -0.4 is 15.4 Å². The van der Waals surface area contributed by atoms with Gasteiger partial charge in [-0.1, -0.05) is 26.0 Å². The normalized spacial score (nSPS) is 14.8. The molecular formula is C18H31IN4O2S. The largest absolute Gasteiger partial charge is 0.357 e. The molecule has 0 amide bonds. The molecule has 1 aliphatic carbocycles. The number of sulfonamides is 1. The van der Waals surface area contributed by atoms with Crippen molar-refractivity contribution in [2.45, 2.75) is 57.5 Å². The second kappa shape index (κ2) is 11.1. The van der Waals surface area contributed by atoms with Crippen molar-refractivity contribution in [1.82, 2.24) is 15.4 Å². The summed E-state index contributed by atoms with van der Waals surface area (Å²) in [6.45, 7) is 8.61. The van der Waals surface area contributed by atoms with E-state index in [1.54, 1.807) is 12.1 Å². The third-order valence-electron chi connectivity index (χ3n) is 3.91. The van der Waals surface area contributed by atoms with Gasteiger partial charge in [0.1, 0.15) is 0 Å². The lowest BCUT2D eigenvalue weighted by Gasteiger charge is -2.12. The fourth-order valence-electron chi connectivity index (χ4n) is 2.25. The number of benzene rings is 1. The molecule has 1 aromatic rings. The van der Waals surface area contributed by atoms with Crippen molar-refractivity contribution < 1.29 is 8.42 Å². The lowest BCUT2D eigenvalue weighted by atomic mass is 10.1. The van der Waals surface area contributed by atoms with E-state index in [1.165, 1.54) is 0 Å². The van der Waals surface area contributed by atoms with Crippen molar-refractivity contribution in [2.24, 2.45) is 10.9 Å². The Morgan fingerprint density at radius 2 is 1.85 bits per heavy atom. The number of halogens is 1. The van der Waals surface area contributed by atoms with Crippen molar-refractivity contribution in [3.05, 3.63) is 29.8 Å². The number of nitrogens with zero attached hydrogens (tertiary/aromatic N) is 1. The first-order valence-corrected chi connectivity index (χ1v) is 10.5. The molecule has 6 nitrogen and oxygen atoms in total. The van der Waals surface area contributed by atoms with E-state index < -0.39 is 10.0 Å². The van der Waals surface area contributed by atoms with Gasteiger partial charge >= 0.3 is 0 Å². The highest BCUT2D eigenvalue weighted by molar-refractivity contribution is 14.0. The van der Waals surface area contributed by atoms with Gasteiger partial charge in [-0.3, -0.25) is 0 Å². The van der Waals surface area contributed by atoms with Crippen LogP contribution in [0.1, 0.15) is 45.6 Å². The van der Waals surface area contributed by atoms with Crippen LogP contribution in [0.5, 0.6) is 0 Å². The average molecular weight is 494 g/mol. The van der Waals surface area contributed by atoms with E-state index in [0.717, 1.165) is 43.9 Å². The Morgan fingerprint density at radius 1 is 1.19 bits per heavy atom. The Hall–Kier alpha value is -0.870. The van der Waals surface area contributed by atoms with Gasteiger partial charge in [0.2, 0.25) is 10.0 Å². The molecule has 1 aromatic carbocycles. The lowest BCUT2D eigenvalue weighted by molar-refractivity contribution is 0.573. The SMILES string of the molecule is CCNC(=NCc1ccc(S(=O)(=O)NC2CC2)cc1)NCCC(C)C.I. The van der Waals surface area contributed by atoms with E-state index in [0.29, 0.717) is 17.4 Å². The van der Waals surface area contributed by atoms with Crippen LogP contribution in [0.25, 0.3) is 0 Å². The van der Waals surface area contributed by atoms with Crippen molar-refractivity contribution >= 4 is 40.0 Å². The summed E-state index contributed by atoms with van der Waals surface area (Å²) in [6.07, 6.45) is 2.96. The predicted molar refractivity (Wildman–Crippen MR) is 117 cm³/mol. The molecular weight excluding hydrogens is 463 g/mol. The number of rotatable bonds is 9. The summed E-state index contributed by atoms with van der Waals surface area (Å²) < 4.78 is 27.0. The Balaban J connectivity index is 0.00000338. The molecule has 0 radical (unpaired) electrons. The summed E-state index contributed by atoms with van der Waals surface area (Å²) in [5, 5.41) is 6.54. The monoisotopic (exact) mass is 494 g/mol. The molecule has 1 aliphatic rings. The van der Waals surface area contributed by atoms with Crippen LogP contribution in [0.4, 0.5) is 0 Å². The van der Waals surface area contributed by atoms with Crippen LogP contribution >= 0.6 is 24.0 Å². The van der Waals surface area contributed by atoms with Gasteiger partial charge in [-0.15, -0.1) is 24.0 Å². The maximum atomic E-state index is 12.2. The molecule has 26 heavy (non-hydrogen) atoms. The lowest BCUT2D eigenvalue weighted by Crippen LogP contribution is -2.38. The number of nitrogens with one attached hydrogen (secondary N) is 3. The van der Waals surface area contributed by atoms with Gasteiger partial charge in [-0.25, -0.2) is 18.1 Å². The average Bonchev–Trinajstić information content (AvgIpc) is 3.36. The summed E-state index contributed by atoms with van der Waals surface area (Å²) in [4.78, 5) is 4.87. The van der Waals surface area contributed by atoms with Gasteiger partial charge in [0.15, 0.2) is 5.96 Å². The van der Waals surface area contributed by atoms with Crippen molar-refractivity contribution in [3.63, 3.8) is 0 Å². The molecule has 0 saturated heterocycles. The van der Waals surface area contributed by atoms with Crippen molar-refractivity contribution in [2.75, 3.05) is 13.1 Å². The molecule has 0 spiro atoms. The number of guanidine groups is 1. The van der Waals surface area contributed by atoms with Crippen LogP contribution in [-0.4, -0.2) is 33.5 Å². The van der Waals surface area contributed by atoms with Crippen LogP contribution in [-0.2, 0) is 16.6 Å². The van der Waals surface area contributed by atoms with Gasteiger partial charge in [0, 0.05) is 19.1 Å². The molecule has 0 bridgehead atoms. The molecule has 0 aromatic heterocycles. The Bertz CT molecular complexity index is 671. The molecule has 148 valence electrons. The van der Waals surface area contributed by atoms with E-state index in [4.69, 9.17) is 0 Å². The Kier molecular flexibility index (Phi) is 9.88. The highest BCUT2D eigenvalue weighted by Gasteiger charge is 2.27. The highest BCUT2D eigenvalue weighted by Crippen LogP contribution is 2.22. The number of aliphatic imine (C=N–C) groups is 1. The molecule has 0 heterocycles. The van der Waals surface area contributed by atoms with Crippen LogP contribution in [0.2, 0.25) is 0 Å². The molecule has 0 aliphatic heterocycles. The van der Waals surface area contributed by atoms with Crippen LogP contribution in [0.3, 0.4) is 0 Å². The number of hydrogen-bond donors (Lipinski definition) is 3. The zero-order chi connectivity index (χ0) is 18.3. The van der Waals surface area contributed by atoms with E-state index in [-0.39, 0.29) is 30.0 Å². The second-order valence-corrected chi connectivity index (χ2v) is 8.56. The first kappa shape index (κ1) is 23.2. The fourth-order valence-corrected chi connectivity index (χ4v) is 3.56. The number of hydrogen-bond acceptors (Lipinski definition) is 3. The van der Waals surface area contributed by atoms with Crippen LogP contribution in [0, 0.1) is 5.92 Å². The Morgan fingerprint density at radius 3 is 2.38 bits per heavy atom. The molecule has 1 fully saturated rings. The third-order valence-corrected chi connectivity index (χ3v) is 5.45. The third kappa shape index (κ3) is 8.22. The van der Waals surface area contributed by atoms with Crippen molar-refractivity contribution in [1.29, 1.82) is 0 Å². The zero-order valence-corrected chi connectivity index (χ0v) is 18.9. The molecule has 1 saturated carbocycles. The molecule has 8 heteroatoms. The second-order valence-electron chi connectivity index (χ2n) is 6.84. The molecule has 0 atom stereocenters. The van der Waals surface area contributed by atoms with E-state index in [9.17, 15) is 8.42 Å². The minimum absolute atomic E-state index is 0. The molecule has 3 N–H and O–H groups in total. The standard InChI is InChI=1S/C18H30N4O2S.HI/c1-4-19-18(20-12-11-14(2)3)21-13-15-5-9-17(10-6-15)25(23,24)22-16-7-8-16;/h5-6,9-10,14,16,22H,4,7-8,11-13H2,1-3H3,(H2,19,20,21);1H.